The number of primary amides is 1. The van der Waals surface area contributed by atoms with Gasteiger partial charge in [-0.1, -0.05) is 6.07 Å². The normalized spacial score (nSPS) is 10.4. The number of benzene rings is 1. The van der Waals surface area contributed by atoms with Crippen molar-refractivity contribution in [3.8, 4) is 0 Å². The van der Waals surface area contributed by atoms with Crippen molar-refractivity contribution in [3.63, 3.8) is 0 Å². The second-order valence-corrected chi connectivity index (χ2v) is 3.36. The van der Waals surface area contributed by atoms with Crippen LogP contribution in [-0.2, 0) is 9.63 Å². The van der Waals surface area contributed by atoms with E-state index in [9.17, 15) is 9.59 Å². The molecule has 0 saturated heterocycles. The summed E-state index contributed by atoms with van der Waals surface area (Å²) >= 11 is 0. The third-order valence-corrected chi connectivity index (χ3v) is 2.08. The Balaban J connectivity index is 2.05. The molecular formula is C10H10N4O3. The van der Waals surface area contributed by atoms with Gasteiger partial charge in [-0.25, -0.2) is 5.48 Å². The van der Waals surface area contributed by atoms with Crippen molar-refractivity contribution < 1.29 is 14.4 Å². The van der Waals surface area contributed by atoms with Crippen LogP contribution >= 0.6 is 0 Å². The molecule has 2 aromatic rings. The second-order valence-electron chi connectivity index (χ2n) is 3.36. The lowest BCUT2D eigenvalue weighted by molar-refractivity contribution is -0.124. The number of nitrogens with two attached hydrogens (primary N) is 1. The molecule has 0 fully saturated rings. The summed E-state index contributed by atoms with van der Waals surface area (Å²) in [5.41, 5.74) is 8.10. The topological polar surface area (TPSA) is 110 Å². The standard InChI is InChI=1S/C10H10N4O3/c11-9(15)5-17-14-10(16)6-1-2-7-4-12-13-8(7)3-6/h1-4H,5H2,(H2,11,15)(H,12,13)(H,14,16). The van der Waals surface area contributed by atoms with Gasteiger partial charge in [0.05, 0.1) is 11.7 Å². The van der Waals surface area contributed by atoms with E-state index in [0.717, 1.165) is 10.9 Å². The molecule has 0 aliphatic heterocycles. The summed E-state index contributed by atoms with van der Waals surface area (Å²) in [6.07, 6.45) is 1.65. The molecule has 0 spiro atoms. The third-order valence-electron chi connectivity index (χ3n) is 2.08. The predicted octanol–water partition coefficient (Wildman–Crippen LogP) is -0.290. The average molecular weight is 234 g/mol. The number of nitrogens with zero attached hydrogens (tertiary/aromatic N) is 1. The van der Waals surface area contributed by atoms with Gasteiger partial charge >= 0.3 is 0 Å². The van der Waals surface area contributed by atoms with E-state index in [1.807, 2.05) is 0 Å². The highest BCUT2D eigenvalue weighted by atomic mass is 16.7. The molecule has 2 amide bonds. The summed E-state index contributed by atoms with van der Waals surface area (Å²) in [6, 6.07) is 5.01. The Kier molecular flexibility index (Phi) is 3.01. The van der Waals surface area contributed by atoms with E-state index < -0.39 is 11.8 Å². The highest BCUT2D eigenvalue weighted by Gasteiger charge is 2.07. The molecule has 0 aliphatic carbocycles. The summed E-state index contributed by atoms with van der Waals surface area (Å²) in [5, 5.41) is 7.48. The van der Waals surface area contributed by atoms with Crippen molar-refractivity contribution in [1.82, 2.24) is 15.7 Å². The van der Waals surface area contributed by atoms with E-state index in [1.54, 1.807) is 24.4 Å². The summed E-state index contributed by atoms with van der Waals surface area (Å²) in [6.45, 7) is -0.363. The highest BCUT2D eigenvalue weighted by molar-refractivity contribution is 5.97. The lowest BCUT2D eigenvalue weighted by Crippen LogP contribution is -2.29. The van der Waals surface area contributed by atoms with Gasteiger partial charge in [-0.2, -0.15) is 5.10 Å². The fraction of sp³-hybridized carbons (Fsp3) is 0.100. The maximum Gasteiger partial charge on any atom is 0.274 e. The number of amides is 2. The van der Waals surface area contributed by atoms with Crippen molar-refractivity contribution in [2.24, 2.45) is 5.73 Å². The Labute approximate surface area is 95.9 Å². The van der Waals surface area contributed by atoms with Crippen LogP contribution in [0.1, 0.15) is 10.4 Å². The zero-order valence-corrected chi connectivity index (χ0v) is 8.77. The molecule has 7 nitrogen and oxygen atoms in total. The molecule has 1 aromatic heterocycles. The summed E-state index contributed by atoms with van der Waals surface area (Å²) in [5.74, 6) is -1.11. The van der Waals surface area contributed by atoms with Crippen LogP contribution in [0.2, 0.25) is 0 Å². The fourth-order valence-corrected chi connectivity index (χ4v) is 1.31. The molecule has 0 unspecified atom stereocenters. The molecule has 4 N–H and O–H groups in total. The molecule has 0 atom stereocenters. The fourth-order valence-electron chi connectivity index (χ4n) is 1.31. The Bertz CT molecular complexity index is 563. The van der Waals surface area contributed by atoms with E-state index in [2.05, 4.69) is 20.5 Å². The summed E-state index contributed by atoms with van der Waals surface area (Å²) < 4.78 is 0. The van der Waals surface area contributed by atoms with Crippen LogP contribution in [0, 0.1) is 0 Å². The third kappa shape index (κ3) is 2.58. The van der Waals surface area contributed by atoms with Gasteiger partial charge in [-0.3, -0.25) is 19.5 Å². The van der Waals surface area contributed by atoms with Gasteiger partial charge in [0.1, 0.15) is 0 Å². The zero-order valence-electron chi connectivity index (χ0n) is 8.77. The van der Waals surface area contributed by atoms with Gasteiger partial charge in [-0.05, 0) is 12.1 Å². The van der Waals surface area contributed by atoms with Gasteiger partial charge in [-0.15, -0.1) is 0 Å². The quantitative estimate of drug-likeness (QED) is 0.631. The zero-order chi connectivity index (χ0) is 12.3. The summed E-state index contributed by atoms with van der Waals surface area (Å²) in [7, 11) is 0. The van der Waals surface area contributed by atoms with Crippen molar-refractivity contribution >= 4 is 22.7 Å². The Morgan fingerprint density at radius 3 is 3.06 bits per heavy atom. The Morgan fingerprint density at radius 1 is 1.47 bits per heavy atom. The molecule has 17 heavy (non-hydrogen) atoms. The largest absolute Gasteiger partial charge is 0.368 e. The molecule has 0 radical (unpaired) electrons. The lowest BCUT2D eigenvalue weighted by Gasteiger charge is -2.03. The van der Waals surface area contributed by atoms with Gasteiger partial charge < -0.3 is 5.73 Å². The average Bonchev–Trinajstić information content (AvgIpc) is 2.75. The van der Waals surface area contributed by atoms with E-state index >= 15 is 0 Å². The number of fused-ring (bicyclic) bond motifs is 1. The van der Waals surface area contributed by atoms with E-state index in [4.69, 9.17) is 5.73 Å². The van der Waals surface area contributed by atoms with Crippen molar-refractivity contribution in [3.05, 3.63) is 30.0 Å². The number of hydroxylamine groups is 1. The van der Waals surface area contributed by atoms with Gasteiger partial charge in [0.25, 0.3) is 5.91 Å². The number of hydrogen-bond acceptors (Lipinski definition) is 4. The first-order chi connectivity index (χ1) is 8.16. The molecule has 1 heterocycles. The van der Waals surface area contributed by atoms with Crippen LogP contribution in [0.3, 0.4) is 0 Å². The van der Waals surface area contributed by atoms with Crippen LogP contribution in [0.25, 0.3) is 10.9 Å². The number of H-pyrrole nitrogens is 1. The SMILES string of the molecule is NC(=O)CONC(=O)c1ccc2cn[nH]c2c1. The minimum Gasteiger partial charge on any atom is -0.368 e. The van der Waals surface area contributed by atoms with Crippen LogP contribution < -0.4 is 11.2 Å². The van der Waals surface area contributed by atoms with Crippen LogP contribution in [0.5, 0.6) is 0 Å². The highest BCUT2D eigenvalue weighted by Crippen LogP contribution is 2.12. The molecule has 0 saturated carbocycles. The van der Waals surface area contributed by atoms with Crippen LogP contribution in [0.4, 0.5) is 0 Å². The van der Waals surface area contributed by atoms with Crippen LogP contribution in [-0.4, -0.2) is 28.6 Å². The van der Waals surface area contributed by atoms with Crippen molar-refractivity contribution in [1.29, 1.82) is 0 Å². The van der Waals surface area contributed by atoms with Crippen molar-refractivity contribution in [2.45, 2.75) is 0 Å². The first-order valence-electron chi connectivity index (χ1n) is 4.80. The number of carbonyl (C=O) groups is 2. The minimum absolute atomic E-state index is 0.363. The Hall–Kier alpha value is -2.41. The summed E-state index contributed by atoms with van der Waals surface area (Å²) in [4.78, 5) is 26.6. The first-order valence-corrected chi connectivity index (χ1v) is 4.80. The van der Waals surface area contributed by atoms with Gasteiger partial charge in [0, 0.05) is 10.9 Å². The van der Waals surface area contributed by atoms with Gasteiger partial charge in [0.15, 0.2) is 6.61 Å². The van der Waals surface area contributed by atoms with Crippen LogP contribution in [0.15, 0.2) is 24.4 Å². The first kappa shape index (κ1) is 11.1. The molecule has 7 heteroatoms. The molecule has 1 aromatic carbocycles. The number of nitrogens with one attached hydrogen (secondary N) is 2. The maximum atomic E-state index is 11.6. The maximum absolute atomic E-state index is 11.6. The Morgan fingerprint density at radius 2 is 2.29 bits per heavy atom. The van der Waals surface area contributed by atoms with E-state index in [1.165, 1.54) is 0 Å². The molecule has 2 rings (SSSR count). The number of aromatic nitrogens is 2. The van der Waals surface area contributed by atoms with Gasteiger partial charge in [0.2, 0.25) is 5.91 Å². The monoisotopic (exact) mass is 234 g/mol. The predicted molar refractivity (Wildman–Crippen MR) is 58.7 cm³/mol. The number of carbonyl (C=O) groups excluding carboxylic acids is 2. The smallest absolute Gasteiger partial charge is 0.274 e. The van der Waals surface area contributed by atoms with E-state index in [-0.39, 0.29) is 6.61 Å². The molecular weight excluding hydrogens is 224 g/mol. The minimum atomic E-state index is -0.658. The molecule has 0 aliphatic rings. The molecule has 88 valence electrons. The van der Waals surface area contributed by atoms with Crippen molar-refractivity contribution in [2.75, 3.05) is 6.61 Å². The van der Waals surface area contributed by atoms with E-state index in [0.29, 0.717) is 5.56 Å². The number of rotatable bonds is 4. The number of hydrogen-bond donors (Lipinski definition) is 3. The number of aromatic amines is 1. The molecule has 0 bridgehead atoms. The lowest BCUT2D eigenvalue weighted by atomic mass is 10.1. The second kappa shape index (κ2) is 4.62.